The van der Waals surface area contributed by atoms with Crippen molar-refractivity contribution < 1.29 is 4.74 Å². The molecule has 2 aromatic rings. The summed E-state index contributed by atoms with van der Waals surface area (Å²) in [5.74, 6) is 0.935. The highest BCUT2D eigenvalue weighted by molar-refractivity contribution is 5.91. The molecule has 0 unspecified atom stereocenters. The van der Waals surface area contributed by atoms with E-state index in [1.54, 1.807) is 7.11 Å². The zero-order valence-electron chi connectivity index (χ0n) is 10.1. The Bertz CT molecular complexity index is 514. The summed E-state index contributed by atoms with van der Waals surface area (Å²) < 4.78 is 7.63. The van der Waals surface area contributed by atoms with Crippen LogP contribution in [0.5, 0.6) is 5.75 Å². The predicted octanol–water partition coefficient (Wildman–Crippen LogP) is 2.00. The highest BCUT2D eigenvalue weighted by atomic mass is 16.5. The summed E-state index contributed by atoms with van der Waals surface area (Å²) in [6, 6.07) is 6.14. The van der Waals surface area contributed by atoms with E-state index in [0.29, 0.717) is 6.54 Å². The Morgan fingerprint density at radius 1 is 1.38 bits per heavy atom. The number of aromatic nitrogens is 1. The second-order valence-corrected chi connectivity index (χ2v) is 4.02. The summed E-state index contributed by atoms with van der Waals surface area (Å²) in [5, 5.41) is 1.20. The maximum Gasteiger partial charge on any atom is 0.128 e. The lowest BCUT2D eigenvalue weighted by Crippen LogP contribution is -2.04. The van der Waals surface area contributed by atoms with E-state index in [2.05, 4.69) is 24.6 Å². The number of nitrogens with two attached hydrogens (primary N) is 1. The molecule has 0 spiro atoms. The van der Waals surface area contributed by atoms with Crippen molar-refractivity contribution in [2.24, 2.45) is 12.8 Å². The number of ether oxygens (including phenoxy) is 1. The van der Waals surface area contributed by atoms with Crippen LogP contribution in [-0.2, 0) is 13.5 Å². The molecular weight excluding hydrogens is 200 g/mol. The van der Waals surface area contributed by atoms with Gasteiger partial charge in [0.15, 0.2) is 0 Å². The van der Waals surface area contributed by atoms with E-state index in [1.165, 1.54) is 22.2 Å². The first-order valence-corrected chi connectivity index (χ1v) is 5.51. The molecule has 86 valence electrons. The molecule has 0 fully saturated rings. The average Bonchev–Trinajstić information content (AvgIpc) is 2.55. The standard InChI is InChI=1S/C13H18N2O/c1-9-10(7-8-14)13-11(15(9)2)5-4-6-12(13)16-3/h4-6H,7-8,14H2,1-3H3. The highest BCUT2D eigenvalue weighted by Gasteiger charge is 2.14. The molecule has 0 aliphatic carbocycles. The summed E-state index contributed by atoms with van der Waals surface area (Å²) in [7, 11) is 3.79. The molecule has 1 aromatic carbocycles. The Kier molecular flexibility index (Phi) is 2.88. The molecule has 0 aliphatic rings. The zero-order valence-corrected chi connectivity index (χ0v) is 10.1. The quantitative estimate of drug-likeness (QED) is 0.856. The summed E-state index contributed by atoms with van der Waals surface area (Å²) in [6.45, 7) is 2.79. The average molecular weight is 218 g/mol. The fraction of sp³-hybridized carbons (Fsp3) is 0.385. The van der Waals surface area contributed by atoms with E-state index in [-0.39, 0.29) is 0 Å². The van der Waals surface area contributed by atoms with Gasteiger partial charge in [-0.05, 0) is 37.6 Å². The SMILES string of the molecule is COc1cccc2c1c(CCN)c(C)n2C. The topological polar surface area (TPSA) is 40.2 Å². The van der Waals surface area contributed by atoms with Crippen LogP contribution in [0.15, 0.2) is 18.2 Å². The second kappa shape index (κ2) is 4.18. The van der Waals surface area contributed by atoms with Crippen molar-refractivity contribution in [3.63, 3.8) is 0 Å². The van der Waals surface area contributed by atoms with Crippen molar-refractivity contribution >= 4 is 10.9 Å². The van der Waals surface area contributed by atoms with E-state index < -0.39 is 0 Å². The molecule has 2 rings (SSSR count). The third kappa shape index (κ3) is 1.48. The fourth-order valence-corrected chi connectivity index (χ4v) is 2.29. The van der Waals surface area contributed by atoms with Gasteiger partial charge in [-0.3, -0.25) is 0 Å². The molecule has 3 nitrogen and oxygen atoms in total. The van der Waals surface area contributed by atoms with Gasteiger partial charge in [-0.15, -0.1) is 0 Å². The van der Waals surface area contributed by atoms with Crippen LogP contribution in [0.1, 0.15) is 11.3 Å². The highest BCUT2D eigenvalue weighted by Crippen LogP contribution is 2.32. The summed E-state index contributed by atoms with van der Waals surface area (Å²) in [6.07, 6.45) is 0.892. The van der Waals surface area contributed by atoms with Gasteiger partial charge in [0, 0.05) is 18.1 Å². The molecule has 1 aromatic heterocycles. The Morgan fingerprint density at radius 3 is 2.75 bits per heavy atom. The number of hydrogen-bond acceptors (Lipinski definition) is 2. The molecule has 0 aliphatic heterocycles. The van der Waals surface area contributed by atoms with E-state index in [0.717, 1.165) is 12.2 Å². The summed E-state index contributed by atoms with van der Waals surface area (Å²) in [4.78, 5) is 0. The van der Waals surface area contributed by atoms with Gasteiger partial charge in [0.25, 0.3) is 0 Å². The third-order valence-electron chi connectivity index (χ3n) is 3.22. The number of hydrogen-bond donors (Lipinski definition) is 1. The number of rotatable bonds is 3. The first-order chi connectivity index (χ1) is 7.70. The predicted molar refractivity (Wildman–Crippen MR) is 67.0 cm³/mol. The van der Waals surface area contributed by atoms with Gasteiger partial charge >= 0.3 is 0 Å². The minimum absolute atomic E-state index is 0.665. The maximum atomic E-state index is 5.67. The number of nitrogens with zero attached hydrogens (tertiary/aromatic N) is 1. The van der Waals surface area contributed by atoms with Gasteiger partial charge in [-0.1, -0.05) is 6.07 Å². The minimum Gasteiger partial charge on any atom is -0.496 e. The van der Waals surface area contributed by atoms with Crippen molar-refractivity contribution in [2.45, 2.75) is 13.3 Å². The van der Waals surface area contributed by atoms with E-state index in [4.69, 9.17) is 10.5 Å². The number of fused-ring (bicyclic) bond motifs is 1. The lowest BCUT2D eigenvalue weighted by atomic mass is 10.1. The van der Waals surface area contributed by atoms with Crippen molar-refractivity contribution in [1.82, 2.24) is 4.57 Å². The molecule has 0 atom stereocenters. The number of methoxy groups -OCH3 is 1. The largest absolute Gasteiger partial charge is 0.496 e. The van der Waals surface area contributed by atoms with Crippen molar-refractivity contribution in [3.8, 4) is 5.75 Å². The molecule has 0 bridgehead atoms. The van der Waals surface area contributed by atoms with Crippen LogP contribution in [0.4, 0.5) is 0 Å². The fourth-order valence-electron chi connectivity index (χ4n) is 2.29. The molecular formula is C13H18N2O. The molecule has 3 heteroatoms. The third-order valence-corrected chi connectivity index (χ3v) is 3.22. The van der Waals surface area contributed by atoms with Crippen LogP contribution < -0.4 is 10.5 Å². The molecule has 0 saturated carbocycles. The number of benzene rings is 1. The van der Waals surface area contributed by atoms with Crippen molar-refractivity contribution in [1.29, 1.82) is 0 Å². The van der Waals surface area contributed by atoms with Gasteiger partial charge < -0.3 is 15.0 Å². The van der Waals surface area contributed by atoms with Crippen LogP contribution in [0.3, 0.4) is 0 Å². The summed E-state index contributed by atoms with van der Waals surface area (Å²) in [5.41, 5.74) is 9.45. The van der Waals surface area contributed by atoms with E-state index in [1.807, 2.05) is 12.1 Å². The van der Waals surface area contributed by atoms with Crippen LogP contribution in [0.25, 0.3) is 10.9 Å². The Hall–Kier alpha value is -1.48. The summed E-state index contributed by atoms with van der Waals surface area (Å²) >= 11 is 0. The lowest BCUT2D eigenvalue weighted by Gasteiger charge is -2.04. The Labute approximate surface area is 95.8 Å². The first kappa shape index (κ1) is 11.0. The smallest absolute Gasteiger partial charge is 0.128 e. The van der Waals surface area contributed by atoms with Crippen LogP contribution in [0, 0.1) is 6.92 Å². The van der Waals surface area contributed by atoms with Gasteiger partial charge in [0.2, 0.25) is 0 Å². The molecule has 2 N–H and O–H groups in total. The Balaban J connectivity index is 2.80. The first-order valence-electron chi connectivity index (χ1n) is 5.51. The van der Waals surface area contributed by atoms with Crippen LogP contribution in [-0.4, -0.2) is 18.2 Å². The second-order valence-electron chi connectivity index (χ2n) is 4.02. The Morgan fingerprint density at radius 2 is 2.12 bits per heavy atom. The van der Waals surface area contributed by atoms with Crippen LogP contribution >= 0.6 is 0 Å². The van der Waals surface area contributed by atoms with Gasteiger partial charge in [0.05, 0.1) is 12.6 Å². The lowest BCUT2D eigenvalue weighted by molar-refractivity contribution is 0.419. The van der Waals surface area contributed by atoms with Gasteiger partial charge in [0.1, 0.15) is 5.75 Å². The van der Waals surface area contributed by atoms with E-state index in [9.17, 15) is 0 Å². The zero-order chi connectivity index (χ0) is 11.7. The molecule has 0 amide bonds. The molecule has 16 heavy (non-hydrogen) atoms. The van der Waals surface area contributed by atoms with Crippen LogP contribution in [0.2, 0.25) is 0 Å². The van der Waals surface area contributed by atoms with E-state index >= 15 is 0 Å². The molecule has 0 radical (unpaired) electrons. The molecule has 0 saturated heterocycles. The minimum atomic E-state index is 0.665. The van der Waals surface area contributed by atoms with Crippen molar-refractivity contribution in [2.75, 3.05) is 13.7 Å². The number of aryl methyl sites for hydroxylation is 1. The van der Waals surface area contributed by atoms with Gasteiger partial charge in [-0.2, -0.15) is 0 Å². The monoisotopic (exact) mass is 218 g/mol. The molecule has 1 heterocycles. The maximum absolute atomic E-state index is 5.67. The van der Waals surface area contributed by atoms with Gasteiger partial charge in [-0.25, -0.2) is 0 Å². The normalized spacial score (nSPS) is 11.0. The van der Waals surface area contributed by atoms with Crippen molar-refractivity contribution in [3.05, 3.63) is 29.5 Å².